The average molecular weight is 575 g/mol. The van der Waals surface area contributed by atoms with Gasteiger partial charge in [0.05, 0.1) is 48.5 Å². The van der Waals surface area contributed by atoms with Gasteiger partial charge in [0.15, 0.2) is 5.90 Å². The van der Waals surface area contributed by atoms with E-state index in [-0.39, 0.29) is 0 Å². The standard InChI is InChI=1S/C37H68P2/c1-7-19-32(20-8-1)38(33-21-9-2-10-22-33,34-23-11-3-12-24-34)31-39(35-25-13-4-14-26-35,36-27-15-5-16-28-36)37-29-17-6-18-30-37/h32-37H,1-31H2/q+2. The van der Waals surface area contributed by atoms with Gasteiger partial charge in [-0.2, -0.15) is 0 Å². The second kappa shape index (κ2) is 14.6. The maximum absolute atomic E-state index is 1.96. The lowest BCUT2D eigenvalue weighted by molar-refractivity contribution is 0.445. The van der Waals surface area contributed by atoms with Crippen molar-refractivity contribution in [3.63, 3.8) is 0 Å². The van der Waals surface area contributed by atoms with Crippen molar-refractivity contribution in [1.29, 1.82) is 0 Å². The Bertz CT molecular complexity index is 544. The van der Waals surface area contributed by atoms with Gasteiger partial charge in [-0.25, -0.2) is 0 Å². The van der Waals surface area contributed by atoms with E-state index in [0.29, 0.717) is 0 Å². The van der Waals surface area contributed by atoms with Crippen molar-refractivity contribution >= 4 is 14.5 Å². The smallest absolute Gasteiger partial charge is 0.0530 e. The Kier molecular flexibility index (Phi) is 11.2. The SMILES string of the molecule is C1CCC([P+](C[P+](C2CCCCC2)(C2CCCCC2)C2CCCCC2)(C2CCCCC2)C2CCCCC2)CC1. The first-order chi connectivity index (χ1) is 19.3. The molecule has 39 heavy (non-hydrogen) atoms. The monoisotopic (exact) mass is 574 g/mol. The molecule has 0 N–H and O–H groups in total. The van der Waals surface area contributed by atoms with Crippen LogP contribution in [0, 0.1) is 0 Å². The molecule has 0 radical (unpaired) electrons. The van der Waals surface area contributed by atoms with Crippen LogP contribution in [0.1, 0.15) is 193 Å². The molecule has 0 saturated heterocycles. The first-order valence-electron chi connectivity index (χ1n) is 19.1. The highest BCUT2D eigenvalue weighted by atomic mass is 31.2. The summed E-state index contributed by atoms with van der Waals surface area (Å²) < 4.78 is 0. The second-order valence-corrected chi connectivity index (χ2v) is 25.4. The van der Waals surface area contributed by atoms with Crippen LogP contribution < -0.4 is 0 Å². The van der Waals surface area contributed by atoms with Crippen LogP contribution in [-0.2, 0) is 0 Å². The third kappa shape index (κ3) is 6.40. The minimum atomic E-state index is -0.994. The van der Waals surface area contributed by atoms with Crippen LogP contribution in [0.2, 0.25) is 0 Å². The van der Waals surface area contributed by atoms with Crippen molar-refractivity contribution in [2.45, 2.75) is 227 Å². The molecule has 2 heteroatoms. The van der Waals surface area contributed by atoms with E-state index in [1.165, 1.54) is 34.0 Å². The molecule has 0 amide bonds. The molecule has 0 nitrogen and oxygen atoms in total. The third-order valence-electron chi connectivity index (χ3n) is 14.0. The number of hydrogen-bond acceptors (Lipinski definition) is 0. The molecule has 224 valence electrons. The Balaban J connectivity index is 1.49. The van der Waals surface area contributed by atoms with Gasteiger partial charge in [0, 0.05) is 0 Å². The molecule has 6 saturated carbocycles. The summed E-state index contributed by atoms with van der Waals surface area (Å²) in [6, 6.07) is 0. The fourth-order valence-electron chi connectivity index (χ4n) is 12.3. The summed E-state index contributed by atoms with van der Waals surface area (Å²) in [4.78, 5) is 0. The van der Waals surface area contributed by atoms with Crippen LogP contribution in [0.3, 0.4) is 0 Å². The van der Waals surface area contributed by atoms with E-state index in [9.17, 15) is 0 Å². The van der Waals surface area contributed by atoms with Crippen molar-refractivity contribution in [3.8, 4) is 0 Å². The topological polar surface area (TPSA) is 0 Å². The second-order valence-electron chi connectivity index (χ2n) is 15.9. The van der Waals surface area contributed by atoms with E-state index in [1.54, 1.807) is 193 Å². The Morgan fingerprint density at radius 2 is 0.385 bits per heavy atom. The van der Waals surface area contributed by atoms with E-state index in [1.807, 2.05) is 5.90 Å². The lowest BCUT2D eigenvalue weighted by atomic mass is 9.99. The molecule has 0 aromatic carbocycles. The summed E-state index contributed by atoms with van der Waals surface area (Å²) in [6.07, 6.45) is 48.8. The highest BCUT2D eigenvalue weighted by molar-refractivity contribution is 7.93. The van der Waals surface area contributed by atoms with E-state index in [2.05, 4.69) is 0 Å². The molecule has 0 aliphatic heterocycles. The molecule has 6 rings (SSSR count). The maximum atomic E-state index is 1.96. The molecular weight excluding hydrogens is 506 g/mol. The molecule has 0 heterocycles. The Morgan fingerprint density at radius 3 is 0.538 bits per heavy atom. The maximum Gasteiger partial charge on any atom is 0.161 e. The van der Waals surface area contributed by atoms with Crippen LogP contribution >= 0.6 is 14.5 Å². The minimum absolute atomic E-state index is 0.994. The Labute approximate surface area is 246 Å². The Morgan fingerprint density at radius 1 is 0.231 bits per heavy atom. The van der Waals surface area contributed by atoms with E-state index < -0.39 is 14.5 Å². The zero-order chi connectivity index (χ0) is 26.4. The predicted molar refractivity (Wildman–Crippen MR) is 180 cm³/mol. The summed E-state index contributed by atoms with van der Waals surface area (Å²) in [5.41, 5.74) is 7.29. The van der Waals surface area contributed by atoms with Crippen LogP contribution in [-0.4, -0.2) is 39.9 Å². The molecule has 6 fully saturated rings. The van der Waals surface area contributed by atoms with E-state index in [0.717, 1.165) is 0 Å². The molecule has 6 aliphatic carbocycles. The summed E-state index contributed by atoms with van der Waals surface area (Å²) in [6.45, 7) is 0. The van der Waals surface area contributed by atoms with Crippen LogP contribution in [0.5, 0.6) is 0 Å². The first kappa shape index (κ1) is 29.9. The summed E-state index contributed by atoms with van der Waals surface area (Å²) in [5, 5.41) is 0. The molecule has 0 bridgehead atoms. The lowest BCUT2D eigenvalue weighted by Gasteiger charge is -2.55. The van der Waals surface area contributed by atoms with Crippen molar-refractivity contribution in [2.24, 2.45) is 0 Å². The Hall–Kier alpha value is 0.860. The minimum Gasteiger partial charge on any atom is -0.0530 e. The fourth-order valence-corrected chi connectivity index (χ4v) is 32.8. The van der Waals surface area contributed by atoms with Gasteiger partial charge in [-0.05, 0) is 154 Å². The molecule has 0 aromatic heterocycles. The normalized spacial score (nSPS) is 29.5. The summed E-state index contributed by atoms with van der Waals surface area (Å²) in [7, 11) is -1.99. The summed E-state index contributed by atoms with van der Waals surface area (Å²) in [5.74, 6) is 1.96. The molecule has 6 aliphatic rings. The van der Waals surface area contributed by atoms with Gasteiger partial charge in [-0.3, -0.25) is 0 Å². The van der Waals surface area contributed by atoms with Gasteiger partial charge in [-0.15, -0.1) is 0 Å². The lowest BCUT2D eigenvalue weighted by Crippen LogP contribution is -2.44. The zero-order valence-corrected chi connectivity index (χ0v) is 28.1. The van der Waals surface area contributed by atoms with E-state index >= 15 is 0 Å². The number of rotatable bonds is 8. The molecule has 0 aromatic rings. The summed E-state index contributed by atoms with van der Waals surface area (Å²) >= 11 is 0. The van der Waals surface area contributed by atoms with Crippen molar-refractivity contribution in [1.82, 2.24) is 0 Å². The van der Waals surface area contributed by atoms with Gasteiger partial charge < -0.3 is 0 Å². The van der Waals surface area contributed by atoms with Crippen LogP contribution in [0.4, 0.5) is 0 Å². The highest BCUT2D eigenvalue weighted by Crippen LogP contribution is 2.90. The fraction of sp³-hybridized carbons (Fsp3) is 1.00. The zero-order valence-electron chi connectivity index (χ0n) is 26.3. The molecular formula is C37H68P2+2. The number of hydrogen-bond donors (Lipinski definition) is 0. The molecule has 0 unspecified atom stereocenters. The van der Waals surface area contributed by atoms with Crippen molar-refractivity contribution in [3.05, 3.63) is 0 Å². The quantitative estimate of drug-likeness (QED) is 0.253. The van der Waals surface area contributed by atoms with Gasteiger partial charge >= 0.3 is 0 Å². The predicted octanol–water partition coefficient (Wildman–Crippen LogP) is 13.0. The molecule has 0 atom stereocenters. The third-order valence-corrected chi connectivity index (χ3v) is 29.2. The van der Waals surface area contributed by atoms with Gasteiger partial charge in [0.2, 0.25) is 0 Å². The first-order valence-corrected chi connectivity index (χ1v) is 23.4. The van der Waals surface area contributed by atoms with Crippen LogP contribution in [0.25, 0.3) is 0 Å². The largest absolute Gasteiger partial charge is 0.161 e. The van der Waals surface area contributed by atoms with Crippen molar-refractivity contribution in [2.75, 3.05) is 5.90 Å². The van der Waals surface area contributed by atoms with E-state index in [4.69, 9.17) is 0 Å². The van der Waals surface area contributed by atoms with Gasteiger partial charge in [0.25, 0.3) is 0 Å². The van der Waals surface area contributed by atoms with Gasteiger partial charge in [-0.1, -0.05) is 38.5 Å². The highest BCUT2D eigenvalue weighted by Gasteiger charge is 2.68. The average Bonchev–Trinajstić information content (AvgIpc) is 3.04. The van der Waals surface area contributed by atoms with Crippen molar-refractivity contribution < 1.29 is 0 Å². The molecule has 0 spiro atoms. The van der Waals surface area contributed by atoms with Gasteiger partial charge in [0.1, 0.15) is 0 Å². The van der Waals surface area contributed by atoms with Crippen LogP contribution in [0.15, 0.2) is 0 Å².